The second-order valence-electron chi connectivity index (χ2n) is 3.81. The molecule has 78 valence electrons. The second-order valence-corrected chi connectivity index (χ2v) is 4.22. The highest BCUT2D eigenvalue weighted by Gasteiger charge is 2.13. The minimum absolute atomic E-state index is 0.273. The summed E-state index contributed by atoms with van der Waals surface area (Å²) in [4.78, 5) is 0. The molecule has 3 heteroatoms. The largest absolute Gasteiger partial charge is 0.271 e. The molecule has 0 aliphatic rings. The zero-order valence-electron chi connectivity index (χ0n) is 8.63. The van der Waals surface area contributed by atoms with Crippen LogP contribution in [0.3, 0.4) is 0 Å². The van der Waals surface area contributed by atoms with Crippen molar-refractivity contribution in [1.29, 1.82) is 0 Å². The van der Waals surface area contributed by atoms with Gasteiger partial charge in [0.15, 0.2) is 0 Å². The Balaban J connectivity index is 2.72. The SMILES string of the molecule is CC(C)C(Cc1ccccc1Cl)NN. The van der Waals surface area contributed by atoms with Gasteiger partial charge in [-0.1, -0.05) is 43.6 Å². The predicted octanol–water partition coefficient (Wildman–Crippen LogP) is 2.37. The number of rotatable bonds is 4. The van der Waals surface area contributed by atoms with E-state index in [1.807, 2.05) is 24.3 Å². The highest BCUT2D eigenvalue weighted by atomic mass is 35.5. The van der Waals surface area contributed by atoms with E-state index >= 15 is 0 Å². The van der Waals surface area contributed by atoms with Crippen LogP contribution in [0.25, 0.3) is 0 Å². The van der Waals surface area contributed by atoms with Gasteiger partial charge < -0.3 is 0 Å². The van der Waals surface area contributed by atoms with Gasteiger partial charge in [-0.3, -0.25) is 11.3 Å². The molecule has 2 nitrogen and oxygen atoms in total. The minimum atomic E-state index is 0.273. The number of halogens is 1. The highest BCUT2D eigenvalue weighted by molar-refractivity contribution is 6.31. The molecule has 0 amide bonds. The van der Waals surface area contributed by atoms with Crippen LogP contribution in [-0.4, -0.2) is 6.04 Å². The zero-order valence-corrected chi connectivity index (χ0v) is 9.38. The lowest BCUT2D eigenvalue weighted by atomic mass is 9.97. The van der Waals surface area contributed by atoms with Crippen LogP contribution in [0.1, 0.15) is 19.4 Å². The van der Waals surface area contributed by atoms with E-state index in [1.165, 1.54) is 0 Å². The normalized spacial score (nSPS) is 13.2. The van der Waals surface area contributed by atoms with E-state index in [4.69, 9.17) is 17.4 Å². The molecule has 0 saturated carbocycles. The van der Waals surface area contributed by atoms with Crippen LogP contribution >= 0.6 is 11.6 Å². The van der Waals surface area contributed by atoms with Gasteiger partial charge in [-0.25, -0.2) is 0 Å². The molecule has 0 heterocycles. The Labute approximate surface area is 90.4 Å². The topological polar surface area (TPSA) is 38.0 Å². The third kappa shape index (κ3) is 2.98. The van der Waals surface area contributed by atoms with Crippen LogP contribution in [0.5, 0.6) is 0 Å². The van der Waals surface area contributed by atoms with E-state index < -0.39 is 0 Å². The first-order valence-electron chi connectivity index (χ1n) is 4.84. The first-order chi connectivity index (χ1) is 6.65. The maximum atomic E-state index is 6.06. The number of nitrogens with one attached hydrogen (secondary N) is 1. The Morgan fingerprint density at radius 3 is 2.50 bits per heavy atom. The van der Waals surface area contributed by atoms with Crippen LogP contribution < -0.4 is 11.3 Å². The van der Waals surface area contributed by atoms with E-state index in [9.17, 15) is 0 Å². The van der Waals surface area contributed by atoms with Crippen molar-refractivity contribution in [1.82, 2.24) is 5.43 Å². The summed E-state index contributed by atoms with van der Waals surface area (Å²) in [5, 5.41) is 0.813. The van der Waals surface area contributed by atoms with Crippen molar-refractivity contribution >= 4 is 11.6 Å². The van der Waals surface area contributed by atoms with Gasteiger partial charge in [0.05, 0.1) is 0 Å². The molecule has 1 unspecified atom stereocenters. The second kappa shape index (κ2) is 5.35. The van der Waals surface area contributed by atoms with E-state index in [2.05, 4.69) is 19.3 Å². The first-order valence-corrected chi connectivity index (χ1v) is 5.22. The van der Waals surface area contributed by atoms with Gasteiger partial charge in [-0.15, -0.1) is 0 Å². The molecular weight excluding hydrogens is 196 g/mol. The lowest BCUT2D eigenvalue weighted by Gasteiger charge is -2.20. The number of benzene rings is 1. The number of hydrogen-bond acceptors (Lipinski definition) is 2. The van der Waals surface area contributed by atoms with Gasteiger partial charge in [0, 0.05) is 11.1 Å². The Bertz CT molecular complexity index is 286. The lowest BCUT2D eigenvalue weighted by Crippen LogP contribution is -2.40. The van der Waals surface area contributed by atoms with Crippen molar-refractivity contribution in [3.05, 3.63) is 34.9 Å². The molecule has 1 atom stereocenters. The summed E-state index contributed by atoms with van der Waals surface area (Å²) in [6.45, 7) is 4.28. The molecular formula is C11H17ClN2. The molecule has 0 aliphatic heterocycles. The van der Waals surface area contributed by atoms with Crippen molar-refractivity contribution in [2.24, 2.45) is 11.8 Å². The Kier molecular flexibility index (Phi) is 4.39. The number of hydrogen-bond donors (Lipinski definition) is 2. The average molecular weight is 213 g/mol. The maximum Gasteiger partial charge on any atom is 0.0438 e. The Morgan fingerprint density at radius 2 is 2.00 bits per heavy atom. The summed E-state index contributed by atoms with van der Waals surface area (Å²) in [5.74, 6) is 5.98. The molecule has 14 heavy (non-hydrogen) atoms. The first kappa shape index (κ1) is 11.5. The third-order valence-corrected chi connectivity index (χ3v) is 2.79. The smallest absolute Gasteiger partial charge is 0.0438 e. The molecule has 3 N–H and O–H groups in total. The molecule has 1 aromatic rings. The molecule has 0 fully saturated rings. The van der Waals surface area contributed by atoms with E-state index in [0.717, 1.165) is 17.0 Å². The van der Waals surface area contributed by atoms with Crippen molar-refractivity contribution in [3.8, 4) is 0 Å². The van der Waals surface area contributed by atoms with Crippen LogP contribution in [0.4, 0.5) is 0 Å². The average Bonchev–Trinajstić information content (AvgIpc) is 2.16. The van der Waals surface area contributed by atoms with Crippen LogP contribution in [-0.2, 0) is 6.42 Å². The molecule has 0 spiro atoms. The van der Waals surface area contributed by atoms with Gasteiger partial charge in [0.1, 0.15) is 0 Å². The van der Waals surface area contributed by atoms with Crippen LogP contribution in [0.15, 0.2) is 24.3 Å². The zero-order chi connectivity index (χ0) is 10.6. The fraction of sp³-hybridized carbons (Fsp3) is 0.455. The van der Waals surface area contributed by atoms with Gasteiger partial charge in [0.25, 0.3) is 0 Å². The fourth-order valence-corrected chi connectivity index (χ4v) is 1.60. The van der Waals surface area contributed by atoms with Gasteiger partial charge in [-0.2, -0.15) is 0 Å². The summed E-state index contributed by atoms with van der Waals surface area (Å²) in [6.07, 6.45) is 0.869. The molecule has 0 radical (unpaired) electrons. The molecule has 0 aromatic heterocycles. The fourth-order valence-electron chi connectivity index (χ4n) is 1.39. The van der Waals surface area contributed by atoms with Gasteiger partial charge in [0.2, 0.25) is 0 Å². The van der Waals surface area contributed by atoms with Crippen molar-refractivity contribution in [3.63, 3.8) is 0 Å². The maximum absolute atomic E-state index is 6.06. The predicted molar refractivity (Wildman–Crippen MR) is 61.1 cm³/mol. The van der Waals surface area contributed by atoms with Crippen molar-refractivity contribution < 1.29 is 0 Å². The Hall–Kier alpha value is -0.570. The van der Waals surface area contributed by atoms with E-state index in [0.29, 0.717) is 5.92 Å². The lowest BCUT2D eigenvalue weighted by molar-refractivity contribution is 0.404. The number of hydrazine groups is 1. The van der Waals surface area contributed by atoms with E-state index in [1.54, 1.807) is 0 Å². The van der Waals surface area contributed by atoms with Crippen molar-refractivity contribution in [2.45, 2.75) is 26.3 Å². The van der Waals surface area contributed by atoms with Crippen molar-refractivity contribution in [2.75, 3.05) is 0 Å². The molecule has 0 bridgehead atoms. The van der Waals surface area contributed by atoms with Crippen LogP contribution in [0, 0.1) is 5.92 Å². The standard InChI is InChI=1S/C11H17ClN2/c1-8(2)11(14-13)7-9-5-3-4-6-10(9)12/h3-6,8,11,14H,7,13H2,1-2H3. The quantitative estimate of drug-likeness (QED) is 0.594. The van der Waals surface area contributed by atoms with E-state index in [-0.39, 0.29) is 6.04 Å². The minimum Gasteiger partial charge on any atom is -0.271 e. The molecule has 0 aliphatic carbocycles. The molecule has 0 saturated heterocycles. The van der Waals surface area contributed by atoms with Gasteiger partial charge >= 0.3 is 0 Å². The summed E-state index contributed by atoms with van der Waals surface area (Å²) in [5.41, 5.74) is 3.96. The summed E-state index contributed by atoms with van der Waals surface area (Å²) in [6, 6.07) is 8.15. The summed E-state index contributed by atoms with van der Waals surface area (Å²) >= 11 is 6.06. The monoisotopic (exact) mass is 212 g/mol. The Morgan fingerprint density at radius 1 is 1.36 bits per heavy atom. The molecule has 1 rings (SSSR count). The summed E-state index contributed by atoms with van der Waals surface area (Å²) < 4.78 is 0. The summed E-state index contributed by atoms with van der Waals surface area (Å²) in [7, 11) is 0. The van der Waals surface area contributed by atoms with Gasteiger partial charge in [-0.05, 0) is 24.0 Å². The molecule has 1 aromatic carbocycles. The number of nitrogens with two attached hydrogens (primary N) is 1. The third-order valence-electron chi connectivity index (χ3n) is 2.42. The highest BCUT2D eigenvalue weighted by Crippen LogP contribution is 2.18. The van der Waals surface area contributed by atoms with Crippen LogP contribution in [0.2, 0.25) is 5.02 Å².